The van der Waals surface area contributed by atoms with Crippen LogP contribution in [-0.2, 0) is 4.74 Å². The number of nitrogens with two attached hydrogens (primary N) is 1. The Morgan fingerprint density at radius 2 is 2.19 bits per heavy atom. The van der Waals surface area contributed by atoms with E-state index in [1.54, 1.807) is 0 Å². The molecule has 2 aromatic heterocycles. The average molecular weight is 323 g/mol. The molecule has 1 aliphatic heterocycles. The van der Waals surface area contributed by atoms with Crippen molar-refractivity contribution in [2.75, 3.05) is 12.3 Å². The third-order valence-corrected chi connectivity index (χ3v) is 3.24. The van der Waals surface area contributed by atoms with Crippen LogP contribution in [0.4, 0.5) is 5.95 Å². The predicted octanol–water partition coefficient (Wildman–Crippen LogP) is -5.57. The topological polar surface area (TPSA) is 160 Å². The fourth-order valence-electron chi connectivity index (χ4n) is 2.24. The number of fused-ring (bicyclic) bond motifs is 1. The molecule has 1 aliphatic rings. The van der Waals surface area contributed by atoms with Crippen LogP contribution in [0.25, 0.3) is 11.2 Å². The first kappa shape index (κ1) is 17.0. The molecule has 0 spiro atoms. The van der Waals surface area contributed by atoms with Crippen molar-refractivity contribution >= 4 is 17.1 Å². The first-order valence-corrected chi connectivity index (χ1v) is 5.87. The van der Waals surface area contributed by atoms with E-state index in [1.807, 2.05) is 0 Å². The minimum atomic E-state index is -1.29. The third-order valence-electron chi connectivity index (χ3n) is 3.24. The number of hydrogen-bond donors (Lipinski definition) is 5. The van der Waals surface area contributed by atoms with Crippen molar-refractivity contribution in [3.05, 3.63) is 16.7 Å². The van der Waals surface area contributed by atoms with Crippen molar-refractivity contribution in [3.8, 4) is 0 Å². The van der Waals surface area contributed by atoms with E-state index in [0.717, 1.165) is 0 Å². The van der Waals surface area contributed by atoms with E-state index in [2.05, 4.69) is 15.0 Å². The SMILES string of the molecule is Nc1nc2c(ncn2[C@@H]2O[C@H](CO)[C@@H](O)[C@H]2O)c(=O)[nH]1.[H-].[K+]. The van der Waals surface area contributed by atoms with Crippen LogP contribution < -0.4 is 62.7 Å². The van der Waals surface area contributed by atoms with Gasteiger partial charge in [-0.05, 0) is 0 Å². The normalized spacial score (nSPS) is 28.7. The Balaban J connectivity index is 0.00000121. The Labute approximate surface area is 161 Å². The van der Waals surface area contributed by atoms with Gasteiger partial charge in [0.2, 0.25) is 5.95 Å². The summed E-state index contributed by atoms with van der Waals surface area (Å²) in [6, 6.07) is 0. The monoisotopic (exact) mass is 323 g/mol. The summed E-state index contributed by atoms with van der Waals surface area (Å²) in [6.07, 6.45) is -3.21. The number of ether oxygens (including phenoxy) is 1. The minimum Gasteiger partial charge on any atom is -1.00 e. The van der Waals surface area contributed by atoms with Crippen LogP contribution in [-0.4, -0.2) is 59.8 Å². The molecule has 0 radical (unpaired) electrons. The van der Waals surface area contributed by atoms with Gasteiger partial charge in [-0.25, -0.2) is 4.98 Å². The Bertz CT molecular complexity index is 709. The standard InChI is InChI=1S/C10H13N5O5.K.H/c11-10-13-7-4(8(19)14-10)12-2-15(7)9-6(18)5(17)3(1-16)20-9;;/h2-3,5-6,9,16-18H,1H2,(H3,11,13,14,19);;/q;+1;-1/t3-,5-,6-,9-;;/m1../s1. The van der Waals surface area contributed by atoms with Gasteiger partial charge in [0, 0.05) is 0 Å². The molecule has 0 amide bonds. The Morgan fingerprint density at radius 1 is 1.48 bits per heavy atom. The van der Waals surface area contributed by atoms with Gasteiger partial charge in [-0.2, -0.15) is 4.98 Å². The number of aliphatic hydroxyl groups is 3. The first-order chi connectivity index (χ1) is 9.52. The molecular weight excluding hydrogens is 309 g/mol. The van der Waals surface area contributed by atoms with E-state index in [0.29, 0.717) is 0 Å². The second-order valence-corrected chi connectivity index (χ2v) is 4.50. The van der Waals surface area contributed by atoms with Gasteiger partial charge in [-0.15, -0.1) is 0 Å². The van der Waals surface area contributed by atoms with E-state index in [1.165, 1.54) is 10.9 Å². The largest absolute Gasteiger partial charge is 1.00 e. The Hall–Kier alpha value is -0.374. The third kappa shape index (κ3) is 2.80. The number of H-pyrrole nitrogens is 1. The molecule has 0 unspecified atom stereocenters. The number of anilines is 1. The number of aromatic amines is 1. The molecule has 21 heavy (non-hydrogen) atoms. The summed E-state index contributed by atoms with van der Waals surface area (Å²) in [5.74, 6) is -0.101. The number of hydrogen-bond acceptors (Lipinski definition) is 8. The first-order valence-electron chi connectivity index (χ1n) is 5.87. The smallest absolute Gasteiger partial charge is 1.00 e. The molecule has 3 heterocycles. The van der Waals surface area contributed by atoms with Gasteiger partial charge in [0.1, 0.15) is 18.3 Å². The fraction of sp³-hybridized carbons (Fsp3) is 0.500. The number of nitrogens with one attached hydrogen (secondary N) is 1. The fourth-order valence-corrected chi connectivity index (χ4v) is 2.24. The van der Waals surface area contributed by atoms with Crippen LogP contribution >= 0.6 is 0 Å². The quantitative estimate of drug-likeness (QED) is 0.342. The number of aliphatic hydroxyl groups excluding tert-OH is 3. The van der Waals surface area contributed by atoms with Gasteiger partial charge in [0.05, 0.1) is 12.9 Å². The Kier molecular flexibility index (Phi) is 5.17. The second kappa shape index (κ2) is 6.40. The molecule has 11 heteroatoms. The molecule has 10 nitrogen and oxygen atoms in total. The van der Waals surface area contributed by atoms with Crippen molar-refractivity contribution in [1.29, 1.82) is 0 Å². The van der Waals surface area contributed by atoms with Crippen molar-refractivity contribution in [2.45, 2.75) is 24.5 Å². The minimum absolute atomic E-state index is 0. The summed E-state index contributed by atoms with van der Waals surface area (Å²) in [6.45, 7) is -0.447. The molecule has 6 N–H and O–H groups in total. The van der Waals surface area contributed by atoms with Gasteiger partial charge in [-0.1, -0.05) is 0 Å². The number of nitrogens with zero attached hydrogens (tertiary/aromatic N) is 3. The van der Waals surface area contributed by atoms with E-state index in [-0.39, 0.29) is 69.9 Å². The van der Waals surface area contributed by atoms with Crippen molar-refractivity contribution in [1.82, 2.24) is 19.5 Å². The maximum Gasteiger partial charge on any atom is 1.00 e. The molecule has 0 aliphatic carbocycles. The summed E-state index contributed by atoms with van der Waals surface area (Å²) >= 11 is 0. The molecule has 3 rings (SSSR count). The molecule has 1 saturated heterocycles. The van der Waals surface area contributed by atoms with E-state index < -0.39 is 36.7 Å². The van der Waals surface area contributed by atoms with Crippen molar-refractivity contribution < 1.29 is 72.9 Å². The zero-order valence-corrected chi connectivity index (χ0v) is 14.3. The molecular formula is C10H14KN5O5. The summed E-state index contributed by atoms with van der Waals surface area (Å²) in [5.41, 5.74) is 5.12. The molecule has 0 aromatic carbocycles. The van der Waals surface area contributed by atoms with Crippen LogP contribution in [0.1, 0.15) is 7.65 Å². The van der Waals surface area contributed by atoms with E-state index >= 15 is 0 Å². The van der Waals surface area contributed by atoms with Crippen LogP contribution in [0, 0.1) is 0 Å². The van der Waals surface area contributed by atoms with Crippen LogP contribution in [0.2, 0.25) is 0 Å². The zero-order valence-electron chi connectivity index (χ0n) is 12.2. The van der Waals surface area contributed by atoms with Crippen LogP contribution in [0.15, 0.2) is 11.1 Å². The van der Waals surface area contributed by atoms with Crippen LogP contribution in [0.5, 0.6) is 0 Å². The molecule has 0 saturated carbocycles. The van der Waals surface area contributed by atoms with Crippen molar-refractivity contribution in [3.63, 3.8) is 0 Å². The second-order valence-electron chi connectivity index (χ2n) is 4.50. The van der Waals surface area contributed by atoms with Crippen LogP contribution in [0.3, 0.4) is 0 Å². The maximum absolute atomic E-state index is 11.7. The van der Waals surface area contributed by atoms with Gasteiger partial charge < -0.3 is 27.2 Å². The summed E-state index contributed by atoms with van der Waals surface area (Å²) in [5, 5.41) is 28.7. The maximum atomic E-state index is 11.7. The van der Waals surface area contributed by atoms with Gasteiger partial charge in [-0.3, -0.25) is 14.3 Å². The number of nitrogen functional groups attached to an aromatic ring is 1. The van der Waals surface area contributed by atoms with Gasteiger partial charge in [0.15, 0.2) is 17.4 Å². The molecule has 0 bridgehead atoms. The van der Waals surface area contributed by atoms with Crippen molar-refractivity contribution in [2.24, 2.45) is 0 Å². The number of imidazole rings is 1. The molecule has 1 fully saturated rings. The average Bonchev–Trinajstić information content (AvgIpc) is 2.93. The number of rotatable bonds is 2. The predicted molar refractivity (Wildman–Crippen MR) is 66.7 cm³/mol. The molecule has 2 aromatic rings. The van der Waals surface area contributed by atoms with E-state index in [4.69, 9.17) is 15.6 Å². The van der Waals surface area contributed by atoms with Gasteiger partial charge >= 0.3 is 51.4 Å². The van der Waals surface area contributed by atoms with E-state index in [9.17, 15) is 15.0 Å². The summed E-state index contributed by atoms with van der Waals surface area (Å²) in [7, 11) is 0. The zero-order chi connectivity index (χ0) is 14.4. The molecule has 4 atom stereocenters. The Morgan fingerprint density at radius 3 is 2.81 bits per heavy atom. The summed E-state index contributed by atoms with van der Waals surface area (Å²) in [4.78, 5) is 21.8. The number of aromatic nitrogens is 4. The molecule has 110 valence electrons. The summed E-state index contributed by atoms with van der Waals surface area (Å²) < 4.78 is 6.64. The van der Waals surface area contributed by atoms with Gasteiger partial charge in [0.25, 0.3) is 5.56 Å².